The summed E-state index contributed by atoms with van der Waals surface area (Å²) in [6.07, 6.45) is 2.45. The third-order valence-electron chi connectivity index (χ3n) is 1.92. The number of hydrogen-bond donors (Lipinski definition) is 0. The normalized spacial score (nSPS) is 23.4. The Bertz CT molecular complexity index is 158. The van der Waals surface area contributed by atoms with Gasteiger partial charge in [0.1, 0.15) is 0 Å². The van der Waals surface area contributed by atoms with Crippen molar-refractivity contribution in [1.29, 1.82) is 0 Å². The van der Waals surface area contributed by atoms with Crippen molar-refractivity contribution < 1.29 is 0 Å². The monoisotopic (exact) mass is 232 g/mol. The Morgan fingerprint density at radius 3 is 1.56 bits per heavy atom. The van der Waals surface area contributed by atoms with Gasteiger partial charge in [0.15, 0.2) is 0 Å². The van der Waals surface area contributed by atoms with Crippen LogP contribution in [0.5, 0.6) is 0 Å². The Balaban J connectivity index is 2.62. The molecule has 1 heteroatoms. The van der Waals surface area contributed by atoms with Crippen LogP contribution in [0.4, 0.5) is 0 Å². The fourth-order valence-electron chi connectivity index (χ4n) is 1.51. The Morgan fingerprint density at radius 2 is 1.56 bits per heavy atom. The number of rotatable bonds is 1. The summed E-state index contributed by atoms with van der Waals surface area (Å²) in [6, 6.07) is 0. The van der Waals surface area contributed by atoms with Crippen LogP contribution in [0.25, 0.3) is 0 Å². The molecule has 0 atom stereocenters. The van der Waals surface area contributed by atoms with E-state index in [1.165, 1.54) is 0 Å². The van der Waals surface area contributed by atoms with Crippen LogP contribution >= 0.6 is 0 Å². The summed E-state index contributed by atoms with van der Waals surface area (Å²) in [5, 5.41) is 0. The van der Waals surface area contributed by atoms with E-state index in [2.05, 4.69) is 34.7 Å². The van der Waals surface area contributed by atoms with Gasteiger partial charge in [0.25, 0.3) is 0 Å². The van der Waals surface area contributed by atoms with Crippen LogP contribution in [0.1, 0.15) is 13.8 Å². The second kappa shape index (κ2) is 1.77. The zero-order chi connectivity index (χ0) is 7.28. The molecule has 1 aliphatic rings. The molecule has 0 unspecified atom stereocenters. The van der Waals surface area contributed by atoms with Gasteiger partial charge in [-0.3, -0.25) is 0 Å². The van der Waals surface area contributed by atoms with E-state index in [-0.39, 0.29) is 0 Å². The summed E-state index contributed by atoms with van der Waals surface area (Å²) in [5.41, 5.74) is 0.536. The SMILES string of the molecule is CC1(C)C=[C]1[Sn]([CH3])([CH3])[CH3]. The van der Waals surface area contributed by atoms with Crippen LogP contribution in [-0.4, -0.2) is 18.4 Å². The molecule has 0 fully saturated rings. The third-order valence-corrected chi connectivity index (χ3v) is 8.79. The topological polar surface area (TPSA) is 0 Å². The summed E-state index contributed by atoms with van der Waals surface area (Å²) in [5.74, 6) is 0. The van der Waals surface area contributed by atoms with Crippen molar-refractivity contribution in [2.24, 2.45) is 5.41 Å². The maximum absolute atomic E-state index is 2.48. The standard InChI is InChI=1S/C5H7.3CH3.Sn/c1-5(2)3-4-5;;;;/h3H,1-2H3;3*1H3;. The van der Waals surface area contributed by atoms with Crippen LogP contribution < -0.4 is 0 Å². The third kappa shape index (κ3) is 1.51. The van der Waals surface area contributed by atoms with Crippen molar-refractivity contribution in [1.82, 2.24) is 0 Å². The second-order valence-corrected chi connectivity index (χ2v) is 18.9. The molecular weight excluding hydrogens is 215 g/mol. The maximum atomic E-state index is 2.48. The number of allylic oxidation sites excluding steroid dienone is 2. The summed E-state index contributed by atoms with van der Waals surface area (Å²) < 4.78 is 1.82. The first kappa shape index (κ1) is 7.64. The summed E-state index contributed by atoms with van der Waals surface area (Å²) in [7, 11) is 0. The molecule has 0 saturated carbocycles. The molecule has 0 spiro atoms. The van der Waals surface area contributed by atoms with Crippen molar-refractivity contribution >= 4 is 18.4 Å². The second-order valence-electron chi connectivity index (χ2n) is 4.53. The fraction of sp³-hybridized carbons (Fsp3) is 0.750. The molecule has 0 N–H and O–H groups in total. The van der Waals surface area contributed by atoms with Crippen molar-refractivity contribution in [3.8, 4) is 0 Å². The van der Waals surface area contributed by atoms with Gasteiger partial charge in [0.2, 0.25) is 0 Å². The average Bonchev–Trinajstić information content (AvgIpc) is 2.10. The van der Waals surface area contributed by atoms with Crippen molar-refractivity contribution in [2.75, 3.05) is 0 Å². The zero-order valence-corrected chi connectivity index (χ0v) is 9.93. The average molecular weight is 231 g/mol. The molecule has 1 aliphatic carbocycles. The van der Waals surface area contributed by atoms with Gasteiger partial charge in [0, 0.05) is 0 Å². The fourth-order valence-corrected chi connectivity index (χ4v) is 9.29. The quantitative estimate of drug-likeness (QED) is 0.608. The molecule has 0 nitrogen and oxygen atoms in total. The summed E-state index contributed by atoms with van der Waals surface area (Å²) in [6.45, 7) is 4.65. The minimum atomic E-state index is -1.57. The Hall–Kier alpha value is 0.539. The van der Waals surface area contributed by atoms with Gasteiger partial charge < -0.3 is 0 Å². The number of hydrogen-bond acceptors (Lipinski definition) is 0. The molecule has 1 rings (SSSR count). The van der Waals surface area contributed by atoms with E-state index in [1.807, 2.05) is 3.59 Å². The molecule has 0 aromatic rings. The first-order valence-electron chi connectivity index (χ1n) is 3.58. The molecule has 9 heavy (non-hydrogen) atoms. The molecule has 0 radical (unpaired) electrons. The Labute approximate surface area is 62.2 Å². The molecule has 0 aromatic carbocycles. The van der Waals surface area contributed by atoms with Gasteiger partial charge in [0.05, 0.1) is 0 Å². The van der Waals surface area contributed by atoms with Crippen molar-refractivity contribution in [2.45, 2.75) is 28.7 Å². The Morgan fingerprint density at radius 1 is 1.22 bits per heavy atom. The van der Waals surface area contributed by atoms with Gasteiger partial charge in [-0.05, 0) is 0 Å². The predicted molar refractivity (Wildman–Crippen MR) is 45.2 cm³/mol. The summed E-state index contributed by atoms with van der Waals surface area (Å²) in [4.78, 5) is 7.44. The van der Waals surface area contributed by atoms with E-state index in [0.29, 0.717) is 5.41 Å². The minimum absolute atomic E-state index is 0.536. The first-order chi connectivity index (χ1) is 3.84. The van der Waals surface area contributed by atoms with Gasteiger partial charge in [-0.25, -0.2) is 0 Å². The van der Waals surface area contributed by atoms with Crippen LogP contribution in [0, 0.1) is 5.41 Å². The van der Waals surface area contributed by atoms with Crippen LogP contribution in [0.2, 0.25) is 14.8 Å². The van der Waals surface area contributed by atoms with Gasteiger partial charge in [-0.2, -0.15) is 0 Å². The van der Waals surface area contributed by atoms with Crippen LogP contribution in [0.15, 0.2) is 9.67 Å². The van der Waals surface area contributed by atoms with Gasteiger partial charge in [-0.15, -0.1) is 0 Å². The van der Waals surface area contributed by atoms with Gasteiger partial charge >= 0.3 is 62.1 Å². The molecule has 0 bridgehead atoms. The molecule has 52 valence electrons. The van der Waals surface area contributed by atoms with Crippen LogP contribution in [-0.2, 0) is 0 Å². The molecule has 0 amide bonds. The zero-order valence-electron chi connectivity index (χ0n) is 7.08. The van der Waals surface area contributed by atoms with E-state index in [4.69, 9.17) is 0 Å². The van der Waals surface area contributed by atoms with E-state index in [0.717, 1.165) is 0 Å². The van der Waals surface area contributed by atoms with E-state index in [9.17, 15) is 0 Å². The molecule has 0 aromatic heterocycles. The van der Waals surface area contributed by atoms with Crippen molar-refractivity contribution in [3.63, 3.8) is 0 Å². The van der Waals surface area contributed by atoms with Gasteiger partial charge in [-0.1, -0.05) is 0 Å². The van der Waals surface area contributed by atoms with Crippen molar-refractivity contribution in [3.05, 3.63) is 9.67 Å². The Kier molecular flexibility index (Phi) is 1.51. The van der Waals surface area contributed by atoms with Crippen LogP contribution in [0.3, 0.4) is 0 Å². The predicted octanol–water partition coefficient (Wildman–Crippen LogP) is 2.83. The molecule has 0 saturated heterocycles. The van der Waals surface area contributed by atoms with E-state index < -0.39 is 18.4 Å². The molecule has 0 aliphatic heterocycles. The van der Waals surface area contributed by atoms with E-state index in [1.54, 1.807) is 0 Å². The summed E-state index contributed by atoms with van der Waals surface area (Å²) >= 11 is -1.57. The first-order valence-corrected chi connectivity index (χ1v) is 13.6. The molecule has 0 heterocycles. The molecular formula is C8H16Sn. The van der Waals surface area contributed by atoms with E-state index >= 15 is 0 Å².